The fourth-order valence-electron chi connectivity index (χ4n) is 1.09. The molecule has 5 nitrogen and oxygen atoms in total. The standard InChI is InChI=1S/C7H12N2O3S/c1-3-13(12)7-4-6(11)9(7)8-5(2)10/h7H,3-4H2,1-2H3,(H,8,10)/t7-,13?/m1/s1. The van der Waals surface area contributed by atoms with Crippen molar-refractivity contribution in [3.63, 3.8) is 0 Å². The molecule has 1 unspecified atom stereocenters. The molecule has 1 saturated heterocycles. The van der Waals surface area contributed by atoms with Gasteiger partial charge in [0, 0.05) is 23.5 Å². The Hall–Kier alpha value is -0.910. The predicted molar refractivity (Wildman–Crippen MR) is 47.8 cm³/mol. The minimum Gasteiger partial charge on any atom is -0.274 e. The summed E-state index contributed by atoms with van der Waals surface area (Å²) in [5.41, 5.74) is 2.35. The lowest BCUT2D eigenvalue weighted by atomic mass is 10.2. The van der Waals surface area contributed by atoms with Crippen molar-refractivity contribution in [2.45, 2.75) is 25.6 Å². The molecule has 74 valence electrons. The van der Waals surface area contributed by atoms with Gasteiger partial charge in [0.25, 0.3) is 0 Å². The van der Waals surface area contributed by atoms with Gasteiger partial charge in [0.1, 0.15) is 5.37 Å². The molecule has 0 bridgehead atoms. The smallest absolute Gasteiger partial charge is 0.245 e. The molecule has 1 aliphatic rings. The van der Waals surface area contributed by atoms with E-state index in [4.69, 9.17) is 0 Å². The first-order chi connectivity index (χ1) is 6.06. The van der Waals surface area contributed by atoms with Crippen molar-refractivity contribution < 1.29 is 13.8 Å². The Morgan fingerprint density at radius 2 is 2.38 bits per heavy atom. The number of carbonyl (C=O) groups excluding carboxylic acids is 2. The Morgan fingerprint density at radius 3 is 2.77 bits per heavy atom. The SMILES string of the molecule is CCS(=O)[C@@H]1CC(=O)N1NC(C)=O. The zero-order valence-electron chi connectivity index (χ0n) is 7.57. The van der Waals surface area contributed by atoms with Crippen molar-refractivity contribution in [2.75, 3.05) is 5.75 Å². The summed E-state index contributed by atoms with van der Waals surface area (Å²) < 4.78 is 11.3. The molecule has 0 aromatic carbocycles. The average molecular weight is 204 g/mol. The van der Waals surface area contributed by atoms with Crippen LogP contribution in [-0.2, 0) is 20.4 Å². The van der Waals surface area contributed by atoms with Crippen LogP contribution in [0.4, 0.5) is 0 Å². The predicted octanol–water partition coefficient (Wildman–Crippen LogP) is -0.635. The van der Waals surface area contributed by atoms with Crippen molar-refractivity contribution in [3.05, 3.63) is 0 Å². The fraction of sp³-hybridized carbons (Fsp3) is 0.714. The monoisotopic (exact) mass is 204 g/mol. The Bertz CT molecular complexity index is 266. The summed E-state index contributed by atoms with van der Waals surface area (Å²) in [7, 11) is -1.06. The largest absolute Gasteiger partial charge is 0.274 e. The van der Waals surface area contributed by atoms with Gasteiger partial charge in [-0.05, 0) is 0 Å². The fourth-order valence-corrected chi connectivity index (χ4v) is 2.21. The van der Waals surface area contributed by atoms with E-state index in [2.05, 4.69) is 5.43 Å². The van der Waals surface area contributed by atoms with Gasteiger partial charge in [0.15, 0.2) is 0 Å². The van der Waals surface area contributed by atoms with Crippen LogP contribution >= 0.6 is 0 Å². The number of hydrogen-bond donors (Lipinski definition) is 1. The molecule has 6 heteroatoms. The number of amides is 2. The lowest BCUT2D eigenvalue weighted by molar-refractivity contribution is -0.151. The molecule has 0 spiro atoms. The topological polar surface area (TPSA) is 66.5 Å². The molecular formula is C7H12N2O3S. The van der Waals surface area contributed by atoms with E-state index >= 15 is 0 Å². The van der Waals surface area contributed by atoms with E-state index in [9.17, 15) is 13.8 Å². The highest BCUT2D eigenvalue weighted by molar-refractivity contribution is 7.85. The maximum absolute atomic E-state index is 11.3. The van der Waals surface area contributed by atoms with Gasteiger partial charge in [-0.3, -0.25) is 19.2 Å². The molecule has 0 radical (unpaired) electrons. The molecule has 2 atom stereocenters. The second-order valence-electron chi connectivity index (χ2n) is 2.76. The zero-order valence-corrected chi connectivity index (χ0v) is 8.39. The lowest BCUT2D eigenvalue weighted by Crippen LogP contribution is -2.62. The van der Waals surface area contributed by atoms with Crippen molar-refractivity contribution in [2.24, 2.45) is 0 Å². The summed E-state index contributed by atoms with van der Waals surface area (Å²) in [5.74, 6) is 0.00163. The zero-order chi connectivity index (χ0) is 10.0. The summed E-state index contributed by atoms with van der Waals surface area (Å²) >= 11 is 0. The molecule has 0 aromatic heterocycles. The van der Waals surface area contributed by atoms with Crippen molar-refractivity contribution in [1.82, 2.24) is 10.4 Å². The minimum absolute atomic E-state index is 0.179. The number of hydrogen-bond acceptors (Lipinski definition) is 3. The van der Waals surface area contributed by atoms with Gasteiger partial charge >= 0.3 is 0 Å². The van der Waals surface area contributed by atoms with E-state index in [1.165, 1.54) is 6.92 Å². The summed E-state index contributed by atoms with van der Waals surface area (Å²) in [5, 5.41) is 0.823. The van der Waals surface area contributed by atoms with Crippen LogP contribution in [0.5, 0.6) is 0 Å². The second-order valence-corrected chi connectivity index (χ2v) is 4.64. The highest BCUT2D eigenvalue weighted by Gasteiger charge is 2.40. The van der Waals surface area contributed by atoms with Crippen molar-refractivity contribution in [3.8, 4) is 0 Å². The highest BCUT2D eigenvalue weighted by Crippen LogP contribution is 2.19. The Labute approximate surface area is 78.9 Å². The van der Waals surface area contributed by atoms with Gasteiger partial charge in [-0.25, -0.2) is 5.01 Å². The minimum atomic E-state index is -1.06. The number of carbonyl (C=O) groups is 2. The van der Waals surface area contributed by atoms with E-state index in [1.807, 2.05) is 0 Å². The maximum atomic E-state index is 11.3. The van der Waals surface area contributed by atoms with Crippen LogP contribution in [0, 0.1) is 0 Å². The molecule has 1 N–H and O–H groups in total. The van der Waals surface area contributed by atoms with E-state index in [0.717, 1.165) is 5.01 Å². The first-order valence-electron chi connectivity index (χ1n) is 4.02. The Balaban J connectivity index is 2.56. The van der Waals surface area contributed by atoms with E-state index in [-0.39, 0.29) is 23.6 Å². The molecule has 1 rings (SSSR count). The van der Waals surface area contributed by atoms with E-state index in [0.29, 0.717) is 5.75 Å². The number of β-lactam (4-membered cyclic amide) rings is 1. The molecular weight excluding hydrogens is 192 g/mol. The van der Waals surface area contributed by atoms with Crippen LogP contribution < -0.4 is 5.43 Å². The third-order valence-corrected chi connectivity index (χ3v) is 3.33. The third-order valence-electron chi connectivity index (χ3n) is 1.77. The third kappa shape index (κ3) is 2.06. The van der Waals surface area contributed by atoms with Crippen molar-refractivity contribution >= 4 is 22.6 Å². The lowest BCUT2D eigenvalue weighted by Gasteiger charge is -2.38. The Kier molecular flexibility index (Phi) is 3.02. The van der Waals surface area contributed by atoms with Crippen LogP contribution in [0.25, 0.3) is 0 Å². The second kappa shape index (κ2) is 3.87. The number of rotatable bonds is 3. The van der Waals surface area contributed by atoms with E-state index in [1.54, 1.807) is 6.92 Å². The molecule has 0 aliphatic carbocycles. The molecule has 0 saturated carbocycles. The van der Waals surface area contributed by atoms with Crippen LogP contribution in [0.1, 0.15) is 20.3 Å². The first kappa shape index (κ1) is 10.2. The van der Waals surface area contributed by atoms with E-state index < -0.39 is 10.8 Å². The summed E-state index contributed by atoms with van der Waals surface area (Å²) in [6, 6.07) is 0. The number of nitrogens with zero attached hydrogens (tertiary/aromatic N) is 1. The molecule has 1 fully saturated rings. The molecule has 1 aliphatic heterocycles. The van der Waals surface area contributed by atoms with Gasteiger partial charge in [0.05, 0.1) is 6.42 Å². The normalized spacial score (nSPS) is 23.7. The molecule has 1 heterocycles. The molecule has 0 aromatic rings. The maximum Gasteiger partial charge on any atom is 0.245 e. The van der Waals surface area contributed by atoms with Gasteiger partial charge in [-0.2, -0.15) is 0 Å². The number of hydrazine groups is 1. The molecule has 13 heavy (non-hydrogen) atoms. The van der Waals surface area contributed by atoms with Crippen LogP contribution in [-0.4, -0.2) is 32.2 Å². The first-order valence-corrected chi connectivity index (χ1v) is 5.41. The van der Waals surface area contributed by atoms with Crippen molar-refractivity contribution in [1.29, 1.82) is 0 Å². The average Bonchev–Trinajstić information content (AvgIpc) is 2.09. The van der Waals surface area contributed by atoms with Crippen LogP contribution in [0.2, 0.25) is 0 Å². The Morgan fingerprint density at radius 1 is 1.77 bits per heavy atom. The van der Waals surface area contributed by atoms with Gasteiger partial charge in [-0.15, -0.1) is 0 Å². The number of nitrogens with one attached hydrogen (secondary N) is 1. The van der Waals surface area contributed by atoms with Crippen LogP contribution in [0.15, 0.2) is 0 Å². The van der Waals surface area contributed by atoms with Gasteiger partial charge < -0.3 is 0 Å². The highest BCUT2D eigenvalue weighted by atomic mass is 32.2. The van der Waals surface area contributed by atoms with Gasteiger partial charge in [-0.1, -0.05) is 6.92 Å². The summed E-state index contributed by atoms with van der Waals surface area (Å²) in [6.45, 7) is 3.10. The summed E-state index contributed by atoms with van der Waals surface area (Å²) in [6.07, 6.45) is 0.265. The summed E-state index contributed by atoms with van der Waals surface area (Å²) in [4.78, 5) is 21.6. The van der Waals surface area contributed by atoms with Gasteiger partial charge in [0.2, 0.25) is 11.8 Å². The molecule has 2 amide bonds. The quantitative estimate of drug-likeness (QED) is 0.622. The van der Waals surface area contributed by atoms with Crippen LogP contribution in [0.3, 0.4) is 0 Å².